The van der Waals surface area contributed by atoms with Gasteiger partial charge in [0.25, 0.3) is 0 Å². The van der Waals surface area contributed by atoms with E-state index in [0.29, 0.717) is 10.5 Å². The first kappa shape index (κ1) is 8.12. The van der Waals surface area contributed by atoms with Gasteiger partial charge in [0.1, 0.15) is 5.78 Å². The number of hydrogen-bond donors (Lipinski definition) is 0. The molecule has 0 spiro atoms. The number of Topliss-reactive ketones (excluding diaryl/α,β-unsaturated/α-hetero) is 1. The van der Waals surface area contributed by atoms with E-state index < -0.39 is 0 Å². The Morgan fingerprint density at radius 1 is 1.70 bits per heavy atom. The van der Waals surface area contributed by atoms with Crippen LogP contribution in [0.15, 0.2) is 0 Å². The minimum atomic E-state index is 0.317. The first-order valence-corrected chi connectivity index (χ1v) is 5.02. The van der Waals surface area contributed by atoms with Crippen LogP contribution in [0.25, 0.3) is 0 Å². The average Bonchev–Trinajstić information content (AvgIpc) is 2.33. The van der Waals surface area contributed by atoms with Crippen molar-refractivity contribution in [1.29, 1.82) is 0 Å². The topological polar surface area (TPSA) is 17.1 Å². The Morgan fingerprint density at radius 3 is 2.60 bits per heavy atom. The molecular weight excluding hydrogens is 144 g/mol. The summed E-state index contributed by atoms with van der Waals surface area (Å²) in [6.07, 6.45) is 5.98. The Labute approximate surface area is 66.6 Å². The summed E-state index contributed by atoms with van der Waals surface area (Å²) >= 11 is 1.86. The van der Waals surface area contributed by atoms with Crippen molar-refractivity contribution in [3.05, 3.63) is 0 Å². The Bertz CT molecular complexity index is 138. The second-order valence-electron chi connectivity index (χ2n) is 2.96. The average molecular weight is 158 g/mol. The van der Waals surface area contributed by atoms with Crippen molar-refractivity contribution in [2.24, 2.45) is 0 Å². The van der Waals surface area contributed by atoms with Crippen LogP contribution in [-0.2, 0) is 4.79 Å². The lowest BCUT2D eigenvalue weighted by molar-refractivity contribution is -0.117. The molecule has 0 radical (unpaired) electrons. The van der Waals surface area contributed by atoms with Crippen molar-refractivity contribution in [2.45, 2.75) is 37.4 Å². The molecular formula is C8H14OS. The molecule has 0 aliphatic heterocycles. The molecule has 0 N–H and O–H groups in total. The van der Waals surface area contributed by atoms with Gasteiger partial charge in [0.05, 0.1) is 0 Å². The fraction of sp³-hybridized carbons (Fsp3) is 0.875. The van der Waals surface area contributed by atoms with Gasteiger partial charge in [0, 0.05) is 17.6 Å². The number of carbonyl (C=O) groups is 1. The molecule has 1 nitrogen and oxygen atoms in total. The molecule has 0 aromatic heterocycles. The van der Waals surface area contributed by atoms with Crippen LogP contribution in [0.2, 0.25) is 0 Å². The fourth-order valence-corrected chi connectivity index (χ4v) is 2.42. The van der Waals surface area contributed by atoms with Crippen molar-refractivity contribution in [1.82, 2.24) is 0 Å². The molecule has 1 rings (SSSR count). The zero-order valence-corrected chi connectivity index (χ0v) is 7.46. The van der Waals surface area contributed by atoms with Gasteiger partial charge in [-0.15, -0.1) is 0 Å². The van der Waals surface area contributed by atoms with Gasteiger partial charge in [-0.25, -0.2) is 0 Å². The van der Waals surface area contributed by atoms with Crippen molar-refractivity contribution in [2.75, 3.05) is 6.26 Å². The molecule has 1 aliphatic carbocycles. The smallest absolute Gasteiger partial charge is 0.134 e. The molecule has 0 heterocycles. The van der Waals surface area contributed by atoms with Gasteiger partial charge in [-0.1, -0.05) is 6.92 Å². The van der Waals surface area contributed by atoms with E-state index in [1.807, 2.05) is 11.8 Å². The van der Waals surface area contributed by atoms with Crippen LogP contribution in [0.4, 0.5) is 0 Å². The molecule has 1 atom stereocenters. The molecule has 1 unspecified atom stereocenters. The van der Waals surface area contributed by atoms with E-state index in [9.17, 15) is 4.79 Å². The van der Waals surface area contributed by atoms with Crippen LogP contribution in [0.5, 0.6) is 0 Å². The SMILES string of the molecule is CCC1(SC)CCC(=O)C1. The zero-order valence-electron chi connectivity index (χ0n) is 6.64. The van der Waals surface area contributed by atoms with Crippen LogP contribution >= 0.6 is 11.8 Å². The molecule has 0 bridgehead atoms. The molecule has 2 heteroatoms. The van der Waals surface area contributed by atoms with Gasteiger partial charge in [-0.05, 0) is 19.1 Å². The maximum atomic E-state index is 11.0. The monoisotopic (exact) mass is 158 g/mol. The molecule has 58 valence electrons. The first-order chi connectivity index (χ1) is 4.72. The lowest BCUT2D eigenvalue weighted by Crippen LogP contribution is -2.18. The summed E-state index contributed by atoms with van der Waals surface area (Å²) < 4.78 is 0.317. The van der Waals surface area contributed by atoms with E-state index in [1.165, 1.54) is 0 Å². The summed E-state index contributed by atoms with van der Waals surface area (Å²) in [6.45, 7) is 2.18. The van der Waals surface area contributed by atoms with E-state index in [1.54, 1.807) is 0 Å². The van der Waals surface area contributed by atoms with E-state index >= 15 is 0 Å². The highest BCUT2D eigenvalue weighted by atomic mass is 32.2. The largest absolute Gasteiger partial charge is 0.300 e. The lowest BCUT2D eigenvalue weighted by Gasteiger charge is -2.23. The molecule has 0 aromatic carbocycles. The van der Waals surface area contributed by atoms with Crippen molar-refractivity contribution in [3.63, 3.8) is 0 Å². The van der Waals surface area contributed by atoms with Crippen LogP contribution in [0.1, 0.15) is 32.6 Å². The molecule has 1 saturated carbocycles. The molecule has 0 amide bonds. The highest BCUT2D eigenvalue weighted by Crippen LogP contribution is 2.40. The van der Waals surface area contributed by atoms with Gasteiger partial charge in [0.15, 0.2) is 0 Å². The van der Waals surface area contributed by atoms with Gasteiger partial charge in [-0.3, -0.25) is 4.79 Å². The number of rotatable bonds is 2. The van der Waals surface area contributed by atoms with Crippen LogP contribution in [-0.4, -0.2) is 16.8 Å². The van der Waals surface area contributed by atoms with Crippen molar-refractivity contribution in [3.8, 4) is 0 Å². The Kier molecular flexibility index (Phi) is 2.40. The van der Waals surface area contributed by atoms with Crippen LogP contribution in [0, 0.1) is 0 Å². The summed E-state index contributed by atoms with van der Waals surface area (Å²) in [4.78, 5) is 11.0. The number of carbonyl (C=O) groups excluding carboxylic acids is 1. The van der Waals surface area contributed by atoms with Crippen molar-refractivity contribution >= 4 is 17.5 Å². The van der Waals surface area contributed by atoms with Crippen LogP contribution in [0.3, 0.4) is 0 Å². The third kappa shape index (κ3) is 1.36. The Balaban J connectivity index is 2.59. The van der Waals surface area contributed by atoms with Gasteiger partial charge >= 0.3 is 0 Å². The molecule has 0 aromatic rings. The fourth-order valence-electron chi connectivity index (χ4n) is 1.52. The third-order valence-electron chi connectivity index (χ3n) is 2.46. The van der Waals surface area contributed by atoms with E-state index in [2.05, 4.69) is 13.2 Å². The molecule has 0 saturated heterocycles. The predicted molar refractivity (Wildman–Crippen MR) is 45.4 cm³/mol. The van der Waals surface area contributed by atoms with Gasteiger partial charge in [-0.2, -0.15) is 11.8 Å². The predicted octanol–water partition coefficient (Wildman–Crippen LogP) is 2.25. The minimum Gasteiger partial charge on any atom is -0.300 e. The second kappa shape index (κ2) is 2.95. The minimum absolute atomic E-state index is 0.317. The quantitative estimate of drug-likeness (QED) is 0.613. The van der Waals surface area contributed by atoms with Gasteiger partial charge < -0.3 is 0 Å². The summed E-state index contributed by atoms with van der Waals surface area (Å²) in [5, 5.41) is 0. The zero-order chi connectivity index (χ0) is 7.61. The van der Waals surface area contributed by atoms with Crippen LogP contribution < -0.4 is 0 Å². The third-order valence-corrected chi connectivity index (χ3v) is 3.96. The normalized spacial score (nSPS) is 33.2. The molecule has 1 aliphatic rings. The number of thioether (sulfide) groups is 1. The van der Waals surface area contributed by atoms with E-state index in [4.69, 9.17) is 0 Å². The number of hydrogen-bond acceptors (Lipinski definition) is 2. The highest BCUT2D eigenvalue weighted by Gasteiger charge is 2.35. The summed E-state index contributed by atoms with van der Waals surface area (Å²) in [6, 6.07) is 0. The maximum Gasteiger partial charge on any atom is 0.134 e. The van der Waals surface area contributed by atoms with E-state index in [0.717, 1.165) is 25.7 Å². The maximum absolute atomic E-state index is 11.0. The van der Waals surface area contributed by atoms with E-state index in [-0.39, 0.29) is 0 Å². The Hall–Kier alpha value is 0.0200. The Morgan fingerprint density at radius 2 is 2.40 bits per heavy atom. The summed E-state index contributed by atoms with van der Waals surface area (Å²) in [5.41, 5.74) is 0. The highest BCUT2D eigenvalue weighted by molar-refractivity contribution is 8.00. The first-order valence-electron chi connectivity index (χ1n) is 3.79. The summed E-state index contributed by atoms with van der Waals surface area (Å²) in [7, 11) is 0. The second-order valence-corrected chi connectivity index (χ2v) is 4.23. The standard InChI is InChI=1S/C8H14OS/c1-3-8(10-2)5-4-7(9)6-8/h3-6H2,1-2H3. The molecule has 10 heavy (non-hydrogen) atoms. The van der Waals surface area contributed by atoms with Gasteiger partial charge in [0.2, 0.25) is 0 Å². The molecule has 1 fully saturated rings. The van der Waals surface area contributed by atoms with Crippen molar-refractivity contribution < 1.29 is 4.79 Å². The lowest BCUT2D eigenvalue weighted by atomic mass is 10.0. The number of ketones is 1. The summed E-state index contributed by atoms with van der Waals surface area (Å²) in [5.74, 6) is 0.455.